The summed E-state index contributed by atoms with van der Waals surface area (Å²) in [4.78, 5) is 22.3. The molecule has 0 aliphatic heterocycles. The molecule has 0 fully saturated rings. The molecule has 2 unspecified atom stereocenters. The number of hydrogen-bond donors (Lipinski definition) is 3. The fourth-order valence-electron chi connectivity index (χ4n) is 1.18. The molecule has 0 aliphatic rings. The number of rotatable bonds is 7. The van der Waals surface area contributed by atoms with Gasteiger partial charge in [-0.1, -0.05) is 20.3 Å². The number of nitrogens with one attached hydrogen (secondary N) is 2. The molecule has 2 amide bonds. The molecule has 7 heteroatoms. The van der Waals surface area contributed by atoms with Crippen LogP contribution in [-0.2, 0) is 15.6 Å². The summed E-state index contributed by atoms with van der Waals surface area (Å²) >= 11 is 0. The number of carboxylic acid groups (broad SMARTS) is 1. The number of carbonyl (C=O) groups excluding carboxylic acids is 1. The quantitative estimate of drug-likeness (QED) is 0.610. The molecule has 0 heterocycles. The van der Waals surface area contributed by atoms with Crippen molar-refractivity contribution in [1.82, 2.24) is 10.6 Å². The Morgan fingerprint density at radius 2 is 2.00 bits per heavy atom. The molecule has 3 N–H and O–H groups in total. The largest absolute Gasteiger partial charge is 0.480 e. The topological polar surface area (TPSA) is 95.5 Å². The SMILES string of the molecule is CCC(C)[C@H](NC(=O)NCCS(C)=O)C(=O)O. The van der Waals surface area contributed by atoms with Crippen molar-refractivity contribution in [1.29, 1.82) is 0 Å². The summed E-state index contributed by atoms with van der Waals surface area (Å²) in [6.45, 7) is 3.89. The van der Waals surface area contributed by atoms with E-state index in [2.05, 4.69) is 10.6 Å². The first-order valence-corrected chi connectivity index (χ1v) is 7.18. The standard InChI is InChI=1S/C10H20N2O4S/c1-4-7(2)8(9(13)14)12-10(15)11-5-6-17(3)16/h7-8H,4-6H2,1-3H3,(H,13,14)(H2,11,12,15)/t7?,8-,17?/m0/s1. The van der Waals surface area contributed by atoms with Crippen LogP contribution in [0.3, 0.4) is 0 Å². The van der Waals surface area contributed by atoms with E-state index >= 15 is 0 Å². The highest BCUT2D eigenvalue weighted by Crippen LogP contribution is 2.07. The smallest absolute Gasteiger partial charge is 0.326 e. The molecule has 6 nitrogen and oxygen atoms in total. The molecule has 0 rings (SSSR count). The van der Waals surface area contributed by atoms with Crippen LogP contribution in [0.15, 0.2) is 0 Å². The molecule has 0 bridgehead atoms. The second kappa shape index (κ2) is 8.05. The molecule has 0 saturated carbocycles. The highest BCUT2D eigenvalue weighted by atomic mass is 32.2. The van der Waals surface area contributed by atoms with Crippen molar-refractivity contribution in [2.24, 2.45) is 5.92 Å². The maximum absolute atomic E-state index is 11.4. The molecule has 0 saturated heterocycles. The number of urea groups is 1. The van der Waals surface area contributed by atoms with Crippen LogP contribution < -0.4 is 10.6 Å². The normalized spacial score (nSPS) is 15.7. The lowest BCUT2D eigenvalue weighted by molar-refractivity contribution is -0.140. The van der Waals surface area contributed by atoms with Crippen LogP contribution in [-0.4, -0.2) is 45.9 Å². The molecular weight excluding hydrogens is 244 g/mol. The van der Waals surface area contributed by atoms with Gasteiger partial charge in [-0.3, -0.25) is 4.21 Å². The van der Waals surface area contributed by atoms with Crippen LogP contribution >= 0.6 is 0 Å². The summed E-state index contributed by atoms with van der Waals surface area (Å²) in [5.74, 6) is -0.832. The van der Waals surface area contributed by atoms with E-state index in [4.69, 9.17) is 5.11 Å². The van der Waals surface area contributed by atoms with Gasteiger partial charge in [0.15, 0.2) is 0 Å². The molecule has 0 aliphatic carbocycles. The number of amides is 2. The van der Waals surface area contributed by atoms with Gasteiger partial charge < -0.3 is 15.7 Å². The van der Waals surface area contributed by atoms with E-state index in [0.717, 1.165) is 0 Å². The predicted molar refractivity (Wildman–Crippen MR) is 66.3 cm³/mol. The van der Waals surface area contributed by atoms with Crippen LogP contribution in [0.25, 0.3) is 0 Å². The predicted octanol–water partition coefficient (Wildman–Crippen LogP) is 0.163. The molecular formula is C10H20N2O4S. The second-order valence-corrected chi connectivity index (χ2v) is 5.43. The van der Waals surface area contributed by atoms with Gasteiger partial charge in [0.05, 0.1) is 0 Å². The first-order valence-electron chi connectivity index (χ1n) is 5.45. The monoisotopic (exact) mass is 264 g/mol. The molecule has 0 radical (unpaired) electrons. The van der Waals surface area contributed by atoms with Crippen molar-refractivity contribution in [3.05, 3.63) is 0 Å². The lowest BCUT2D eigenvalue weighted by Crippen LogP contribution is -2.49. The minimum atomic E-state index is -1.05. The maximum atomic E-state index is 11.4. The minimum absolute atomic E-state index is 0.140. The van der Waals surface area contributed by atoms with E-state index in [0.29, 0.717) is 12.2 Å². The Kier molecular flexibility index (Phi) is 7.53. The van der Waals surface area contributed by atoms with Gasteiger partial charge in [0, 0.05) is 29.4 Å². The summed E-state index contributed by atoms with van der Waals surface area (Å²) < 4.78 is 10.8. The third-order valence-electron chi connectivity index (χ3n) is 2.44. The number of hydrogen-bond acceptors (Lipinski definition) is 3. The summed E-state index contributed by atoms with van der Waals surface area (Å²) in [6.07, 6.45) is 2.20. The zero-order chi connectivity index (χ0) is 13.4. The Balaban J connectivity index is 4.13. The maximum Gasteiger partial charge on any atom is 0.326 e. The van der Waals surface area contributed by atoms with E-state index in [-0.39, 0.29) is 12.5 Å². The molecule has 0 spiro atoms. The van der Waals surface area contributed by atoms with Crippen molar-refractivity contribution in [3.63, 3.8) is 0 Å². The van der Waals surface area contributed by atoms with Crippen LogP contribution in [0, 0.1) is 5.92 Å². The van der Waals surface area contributed by atoms with Gasteiger partial charge in [0.1, 0.15) is 6.04 Å². The first-order chi connectivity index (χ1) is 7.88. The summed E-state index contributed by atoms with van der Waals surface area (Å²) in [5, 5.41) is 13.8. The lowest BCUT2D eigenvalue weighted by Gasteiger charge is -2.20. The lowest BCUT2D eigenvalue weighted by atomic mass is 9.99. The zero-order valence-electron chi connectivity index (χ0n) is 10.4. The van der Waals surface area contributed by atoms with Crippen LogP contribution in [0.5, 0.6) is 0 Å². The Morgan fingerprint density at radius 3 is 2.41 bits per heavy atom. The van der Waals surface area contributed by atoms with Crippen LogP contribution in [0.1, 0.15) is 20.3 Å². The number of carbonyl (C=O) groups is 2. The van der Waals surface area contributed by atoms with Crippen molar-refractivity contribution in [3.8, 4) is 0 Å². The molecule has 17 heavy (non-hydrogen) atoms. The van der Waals surface area contributed by atoms with Crippen molar-refractivity contribution < 1.29 is 18.9 Å². The third kappa shape index (κ3) is 6.93. The molecule has 0 aromatic rings. The average Bonchev–Trinajstić information content (AvgIpc) is 2.24. The number of aliphatic carboxylic acids is 1. The van der Waals surface area contributed by atoms with E-state index < -0.39 is 28.8 Å². The second-order valence-electron chi connectivity index (χ2n) is 3.88. The van der Waals surface area contributed by atoms with Crippen molar-refractivity contribution >= 4 is 22.8 Å². The van der Waals surface area contributed by atoms with Gasteiger partial charge in [-0.05, 0) is 5.92 Å². The van der Waals surface area contributed by atoms with Crippen LogP contribution in [0.2, 0.25) is 0 Å². The van der Waals surface area contributed by atoms with Gasteiger partial charge >= 0.3 is 12.0 Å². The van der Waals surface area contributed by atoms with E-state index in [1.807, 2.05) is 6.92 Å². The van der Waals surface area contributed by atoms with Gasteiger partial charge in [-0.25, -0.2) is 9.59 Å². The number of carboxylic acids is 1. The summed E-state index contributed by atoms with van der Waals surface area (Å²) in [6, 6.07) is -1.43. The molecule has 0 aromatic carbocycles. The Bertz CT molecular complexity index is 296. The summed E-state index contributed by atoms with van der Waals surface area (Å²) in [7, 11) is -0.973. The van der Waals surface area contributed by atoms with Gasteiger partial charge in [-0.2, -0.15) is 0 Å². The fourth-order valence-corrected chi connectivity index (χ4v) is 1.57. The zero-order valence-corrected chi connectivity index (χ0v) is 11.2. The third-order valence-corrected chi connectivity index (χ3v) is 3.22. The van der Waals surface area contributed by atoms with E-state index in [9.17, 15) is 13.8 Å². The highest BCUT2D eigenvalue weighted by Gasteiger charge is 2.24. The molecule has 100 valence electrons. The van der Waals surface area contributed by atoms with Crippen molar-refractivity contribution in [2.75, 3.05) is 18.6 Å². The van der Waals surface area contributed by atoms with Gasteiger partial charge in [-0.15, -0.1) is 0 Å². The molecule has 0 aromatic heterocycles. The highest BCUT2D eigenvalue weighted by molar-refractivity contribution is 7.84. The van der Waals surface area contributed by atoms with Gasteiger partial charge in [0.2, 0.25) is 0 Å². The molecule has 3 atom stereocenters. The van der Waals surface area contributed by atoms with Crippen LogP contribution in [0.4, 0.5) is 4.79 Å². The Labute approximate surface area is 104 Å². The van der Waals surface area contributed by atoms with Gasteiger partial charge in [0.25, 0.3) is 0 Å². The fraction of sp³-hybridized carbons (Fsp3) is 0.800. The van der Waals surface area contributed by atoms with E-state index in [1.165, 1.54) is 0 Å². The minimum Gasteiger partial charge on any atom is -0.480 e. The average molecular weight is 264 g/mol. The first kappa shape index (κ1) is 15.9. The Hall–Kier alpha value is -1.11. The summed E-state index contributed by atoms with van der Waals surface area (Å²) in [5.41, 5.74) is 0. The van der Waals surface area contributed by atoms with Crippen molar-refractivity contribution in [2.45, 2.75) is 26.3 Å². The van der Waals surface area contributed by atoms with E-state index in [1.54, 1.807) is 13.2 Å². The Morgan fingerprint density at radius 1 is 1.41 bits per heavy atom.